The van der Waals surface area contributed by atoms with Gasteiger partial charge in [-0.3, -0.25) is 4.90 Å². The second-order valence-corrected chi connectivity index (χ2v) is 5.39. The molecule has 0 spiro atoms. The van der Waals surface area contributed by atoms with Crippen molar-refractivity contribution >= 4 is 0 Å². The van der Waals surface area contributed by atoms with Crippen molar-refractivity contribution in [3.63, 3.8) is 0 Å². The molecular formula is C16H26N2O3. The third-order valence-electron chi connectivity index (χ3n) is 3.93. The third kappa shape index (κ3) is 4.09. The quantitative estimate of drug-likeness (QED) is 0.865. The van der Waals surface area contributed by atoms with Gasteiger partial charge in [0, 0.05) is 37.3 Å². The summed E-state index contributed by atoms with van der Waals surface area (Å²) in [5, 5.41) is 3.39. The van der Waals surface area contributed by atoms with Gasteiger partial charge in [0.15, 0.2) is 0 Å². The fourth-order valence-electron chi connectivity index (χ4n) is 2.77. The van der Waals surface area contributed by atoms with E-state index in [9.17, 15) is 0 Å². The average Bonchev–Trinajstić information content (AvgIpc) is 2.52. The summed E-state index contributed by atoms with van der Waals surface area (Å²) in [5.41, 5.74) is 1.15. The van der Waals surface area contributed by atoms with Gasteiger partial charge in [-0.05, 0) is 20.0 Å². The molecule has 1 N–H and O–H groups in total. The minimum absolute atomic E-state index is 0.219. The molecule has 118 valence electrons. The maximum Gasteiger partial charge on any atom is 0.127 e. The number of likely N-dealkylation sites (N-methyl/N-ethyl adjacent to an activating group) is 1. The van der Waals surface area contributed by atoms with Crippen LogP contribution in [-0.2, 0) is 4.74 Å². The molecule has 1 aromatic carbocycles. The predicted molar refractivity (Wildman–Crippen MR) is 83.2 cm³/mol. The van der Waals surface area contributed by atoms with Crippen LogP contribution in [0, 0.1) is 0 Å². The fraction of sp³-hybridized carbons (Fsp3) is 0.625. The van der Waals surface area contributed by atoms with Crippen LogP contribution in [0.1, 0.15) is 18.5 Å². The van der Waals surface area contributed by atoms with Gasteiger partial charge in [-0.25, -0.2) is 0 Å². The van der Waals surface area contributed by atoms with Gasteiger partial charge in [-0.2, -0.15) is 0 Å². The smallest absolute Gasteiger partial charge is 0.127 e. The van der Waals surface area contributed by atoms with Gasteiger partial charge in [0.2, 0.25) is 0 Å². The van der Waals surface area contributed by atoms with Crippen LogP contribution in [0.15, 0.2) is 18.2 Å². The molecule has 5 heteroatoms. The summed E-state index contributed by atoms with van der Waals surface area (Å²) >= 11 is 0. The molecule has 2 atom stereocenters. The molecule has 0 amide bonds. The topological polar surface area (TPSA) is 43.0 Å². The number of hydrogen-bond acceptors (Lipinski definition) is 5. The number of methoxy groups -OCH3 is 2. The second kappa shape index (κ2) is 7.64. The largest absolute Gasteiger partial charge is 0.497 e. The van der Waals surface area contributed by atoms with Crippen LogP contribution in [0.4, 0.5) is 0 Å². The van der Waals surface area contributed by atoms with Crippen LogP contribution in [0.2, 0.25) is 0 Å². The predicted octanol–water partition coefficient (Wildman–Crippen LogP) is 1.68. The molecule has 2 unspecified atom stereocenters. The maximum absolute atomic E-state index is 5.60. The molecule has 1 aliphatic heterocycles. The Morgan fingerprint density at radius 1 is 1.38 bits per heavy atom. The molecule has 0 saturated carbocycles. The van der Waals surface area contributed by atoms with E-state index in [-0.39, 0.29) is 6.04 Å². The number of rotatable bonds is 6. The van der Waals surface area contributed by atoms with Crippen molar-refractivity contribution in [1.82, 2.24) is 10.2 Å². The Hall–Kier alpha value is -1.30. The lowest BCUT2D eigenvalue weighted by molar-refractivity contribution is -0.0209. The van der Waals surface area contributed by atoms with Crippen molar-refractivity contribution in [2.45, 2.75) is 19.1 Å². The Morgan fingerprint density at radius 2 is 2.19 bits per heavy atom. The van der Waals surface area contributed by atoms with E-state index < -0.39 is 0 Å². The van der Waals surface area contributed by atoms with Gasteiger partial charge < -0.3 is 19.5 Å². The molecule has 0 aliphatic carbocycles. The van der Waals surface area contributed by atoms with Crippen LogP contribution in [0.5, 0.6) is 11.5 Å². The Morgan fingerprint density at radius 3 is 2.81 bits per heavy atom. The van der Waals surface area contributed by atoms with Crippen LogP contribution >= 0.6 is 0 Å². The van der Waals surface area contributed by atoms with E-state index in [1.807, 2.05) is 19.2 Å². The van der Waals surface area contributed by atoms with Gasteiger partial charge >= 0.3 is 0 Å². The van der Waals surface area contributed by atoms with Crippen LogP contribution in [0.25, 0.3) is 0 Å². The maximum atomic E-state index is 5.60. The Balaban J connectivity index is 2.12. The standard InChI is InChI=1S/C16H26N2O3/c1-12-10-18(7-8-21-12)11-15(17-2)14-6-5-13(19-3)9-16(14)20-4/h5-6,9,12,15,17H,7-8,10-11H2,1-4H3. The summed E-state index contributed by atoms with van der Waals surface area (Å²) in [4.78, 5) is 2.43. The molecule has 0 bridgehead atoms. The van der Waals surface area contributed by atoms with E-state index in [1.54, 1.807) is 14.2 Å². The zero-order valence-electron chi connectivity index (χ0n) is 13.4. The van der Waals surface area contributed by atoms with E-state index in [0.29, 0.717) is 6.10 Å². The number of hydrogen-bond donors (Lipinski definition) is 1. The van der Waals surface area contributed by atoms with E-state index in [1.165, 1.54) is 0 Å². The molecular weight excluding hydrogens is 268 g/mol. The van der Waals surface area contributed by atoms with E-state index >= 15 is 0 Å². The first-order valence-corrected chi connectivity index (χ1v) is 7.41. The lowest BCUT2D eigenvalue weighted by Crippen LogP contribution is -2.44. The van der Waals surface area contributed by atoms with E-state index in [0.717, 1.165) is 43.3 Å². The molecule has 5 nitrogen and oxygen atoms in total. The molecule has 1 fully saturated rings. The first-order valence-electron chi connectivity index (χ1n) is 7.41. The molecule has 2 rings (SSSR count). The van der Waals surface area contributed by atoms with Crippen molar-refractivity contribution in [1.29, 1.82) is 0 Å². The Bertz CT molecular complexity index is 453. The summed E-state index contributed by atoms with van der Waals surface area (Å²) < 4.78 is 16.4. The van der Waals surface area contributed by atoms with Gasteiger partial charge in [0.25, 0.3) is 0 Å². The van der Waals surface area contributed by atoms with E-state index in [4.69, 9.17) is 14.2 Å². The number of benzene rings is 1. The highest BCUT2D eigenvalue weighted by Crippen LogP contribution is 2.30. The molecule has 1 saturated heterocycles. The number of nitrogens with zero attached hydrogens (tertiary/aromatic N) is 1. The minimum Gasteiger partial charge on any atom is -0.497 e. The molecule has 0 radical (unpaired) electrons. The zero-order valence-corrected chi connectivity index (χ0v) is 13.4. The Labute approximate surface area is 127 Å². The molecule has 0 aromatic heterocycles. The third-order valence-corrected chi connectivity index (χ3v) is 3.93. The SMILES string of the molecule is CNC(CN1CCOC(C)C1)c1ccc(OC)cc1OC. The van der Waals surface area contributed by atoms with Crippen LogP contribution in [-0.4, -0.2) is 58.5 Å². The average molecular weight is 294 g/mol. The van der Waals surface area contributed by atoms with E-state index in [2.05, 4.69) is 23.2 Å². The lowest BCUT2D eigenvalue weighted by atomic mass is 10.0. The molecule has 21 heavy (non-hydrogen) atoms. The van der Waals surface area contributed by atoms with Crippen molar-refractivity contribution in [2.24, 2.45) is 0 Å². The highest BCUT2D eigenvalue weighted by molar-refractivity contribution is 5.42. The molecule has 1 heterocycles. The van der Waals surface area contributed by atoms with Gasteiger partial charge in [-0.1, -0.05) is 6.07 Å². The minimum atomic E-state index is 0.219. The number of nitrogens with one attached hydrogen (secondary N) is 1. The van der Waals surface area contributed by atoms with Crippen molar-refractivity contribution < 1.29 is 14.2 Å². The number of morpholine rings is 1. The number of ether oxygens (including phenoxy) is 3. The summed E-state index contributed by atoms with van der Waals surface area (Å²) in [5.74, 6) is 1.67. The fourth-order valence-corrected chi connectivity index (χ4v) is 2.77. The van der Waals surface area contributed by atoms with Crippen molar-refractivity contribution in [2.75, 3.05) is 47.5 Å². The van der Waals surface area contributed by atoms with Crippen LogP contribution in [0.3, 0.4) is 0 Å². The van der Waals surface area contributed by atoms with Gasteiger partial charge in [0.05, 0.1) is 26.9 Å². The van der Waals surface area contributed by atoms with Gasteiger partial charge in [-0.15, -0.1) is 0 Å². The normalized spacial score (nSPS) is 21.0. The summed E-state index contributed by atoms with van der Waals surface area (Å²) in [6.07, 6.45) is 0.300. The highest BCUT2D eigenvalue weighted by Gasteiger charge is 2.22. The summed E-state index contributed by atoms with van der Waals surface area (Å²) in [7, 11) is 5.35. The zero-order chi connectivity index (χ0) is 15.2. The Kier molecular flexibility index (Phi) is 5.85. The van der Waals surface area contributed by atoms with Crippen molar-refractivity contribution in [3.05, 3.63) is 23.8 Å². The van der Waals surface area contributed by atoms with Gasteiger partial charge in [0.1, 0.15) is 11.5 Å². The lowest BCUT2D eigenvalue weighted by Gasteiger charge is -2.34. The molecule has 1 aliphatic rings. The molecule has 1 aromatic rings. The monoisotopic (exact) mass is 294 g/mol. The second-order valence-electron chi connectivity index (χ2n) is 5.39. The van der Waals surface area contributed by atoms with Crippen molar-refractivity contribution in [3.8, 4) is 11.5 Å². The summed E-state index contributed by atoms with van der Waals surface area (Å²) in [6.45, 7) is 5.80. The highest BCUT2D eigenvalue weighted by atomic mass is 16.5. The first kappa shape index (κ1) is 16.1. The summed E-state index contributed by atoms with van der Waals surface area (Å²) in [6, 6.07) is 6.20. The van der Waals surface area contributed by atoms with Crippen LogP contribution < -0.4 is 14.8 Å². The first-order chi connectivity index (χ1) is 10.2.